The van der Waals surface area contributed by atoms with Crippen LogP contribution in [0.15, 0.2) is 40.6 Å². The Hall–Kier alpha value is -2.19. The molecule has 22 heavy (non-hydrogen) atoms. The minimum Gasteiger partial charge on any atom is -0.366 e. The minimum atomic E-state index is -3.53. The van der Waals surface area contributed by atoms with E-state index in [2.05, 4.69) is 5.32 Å². The molecule has 0 aliphatic rings. The van der Waals surface area contributed by atoms with Gasteiger partial charge < -0.3 is 11.1 Å². The van der Waals surface area contributed by atoms with Crippen molar-refractivity contribution in [1.82, 2.24) is 0 Å². The molecule has 0 aliphatic heterocycles. The maximum atomic E-state index is 12.3. The molecule has 2 amide bonds. The number of nitrogens with one attached hydrogen (secondary N) is 1. The van der Waals surface area contributed by atoms with Crippen LogP contribution >= 0.6 is 11.3 Å². The predicted octanol–water partition coefficient (Wildman–Crippen LogP) is 1.89. The lowest BCUT2D eigenvalue weighted by Crippen LogP contribution is -2.19. The van der Waals surface area contributed by atoms with Crippen LogP contribution in [0.2, 0.25) is 0 Å². The minimum absolute atomic E-state index is 0.0350. The molecule has 0 atom stereocenters. The van der Waals surface area contributed by atoms with Crippen molar-refractivity contribution in [2.75, 3.05) is 11.1 Å². The third-order valence-electron chi connectivity index (χ3n) is 3.00. The summed E-state index contributed by atoms with van der Waals surface area (Å²) in [5.41, 5.74) is 5.44. The fourth-order valence-corrected chi connectivity index (χ4v) is 3.73. The van der Waals surface area contributed by atoms with Gasteiger partial charge in [-0.3, -0.25) is 9.59 Å². The summed E-state index contributed by atoms with van der Waals surface area (Å²) in [5, 5.41) is 4.45. The predicted molar refractivity (Wildman–Crippen MR) is 85.0 cm³/mol. The van der Waals surface area contributed by atoms with Crippen molar-refractivity contribution in [2.45, 2.75) is 11.8 Å². The van der Waals surface area contributed by atoms with E-state index in [1.807, 2.05) is 0 Å². The van der Waals surface area contributed by atoms with Crippen LogP contribution in [0.1, 0.15) is 27.6 Å². The first-order valence-electron chi connectivity index (χ1n) is 6.37. The number of sulfone groups is 1. The third-order valence-corrected chi connectivity index (χ3v) is 5.62. The molecule has 8 heteroatoms. The largest absolute Gasteiger partial charge is 0.366 e. The van der Waals surface area contributed by atoms with Crippen molar-refractivity contribution in [3.8, 4) is 0 Å². The number of hydrogen-bond donors (Lipinski definition) is 2. The Morgan fingerprint density at radius 2 is 1.86 bits per heavy atom. The van der Waals surface area contributed by atoms with Crippen LogP contribution in [0.5, 0.6) is 0 Å². The topological polar surface area (TPSA) is 106 Å². The fraction of sp³-hybridized carbons (Fsp3) is 0.143. The van der Waals surface area contributed by atoms with Crippen molar-refractivity contribution < 1.29 is 18.0 Å². The molecule has 0 spiro atoms. The van der Waals surface area contributed by atoms with Crippen molar-refractivity contribution in [2.24, 2.45) is 5.73 Å². The van der Waals surface area contributed by atoms with E-state index in [0.717, 1.165) is 11.3 Å². The van der Waals surface area contributed by atoms with Crippen LogP contribution in [0.3, 0.4) is 0 Å². The van der Waals surface area contributed by atoms with Gasteiger partial charge in [0.2, 0.25) is 0 Å². The first-order valence-corrected chi connectivity index (χ1v) is 8.90. The zero-order valence-corrected chi connectivity index (χ0v) is 13.3. The molecule has 1 aromatic heterocycles. The summed E-state index contributed by atoms with van der Waals surface area (Å²) in [4.78, 5) is 23.6. The van der Waals surface area contributed by atoms with E-state index in [1.165, 1.54) is 25.1 Å². The summed E-state index contributed by atoms with van der Waals surface area (Å²) in [5.74, 6) is -1.37. The lowest BCUT2D eigenvalue weighted by atomic mass is 10.2. The molecule has 0 unspecified atom stereocenters. The van der Waals surface area contributed by atoms with E-state index in [9.17, 15) is 18.0 Å². The van der Waals surface area contributed by atoms with Gasteiger partial charge in [0.1, 0.15) is 5.00 Å². The van der Waals surface area contributed by atoms with Crippen LogP contribution < -0.4 is 11.1 Å². The molecule has 1 heterocycles. The van der Waals surface area contributed by atoms with Gasteiger partial charge in [0.25, 0.3) is 11.8 Å². The second-order valence-corrected chi connectivity index (χ2v) is 7.54. The molecule has 0 radical (unpaired) electrons. The van der Waals surface area contributed by atoms with Gasteiger partial charge in [-0.05, 0) is 23.6 Å². The maximum Gasteiger partial charge on any atom is 0.257 e. The van der Waals surface area contributed by atoms with Crippen molar-refractivity contribution in [3.05, 3.63) is 46.8 Å². The van der Waals surface area contributed by atoms with Gasteiger partial charge in [0.05, 0.1) is 21.8 Å². The highest BCUT2D eigenvalue weighted by Crippen LogP contribution is 2.25. The van der Waals surface area contributed by atoms with Crippen molar-refractivity contribution in [1.29, 1.82) is 0 Å². The molecule has 0 saturated heterocycles. The van der Waals surface area contributed by atoms with E-state index in [0.29, 0.717) is 5.00 Å². The number of carbonyl (C=O) groups excluding carboxylic acids is 2. The van der Waals surface area contributed by atoms with Crippen LogP contribution in [-0.4, -0.2) is 26.0 Å². The SMILES string of the molecule is CCS(=O)(=O)c1ccccc1C(=O)Nc1sccc1C(N)=O. The number of primary amides is 1. The molecule has 2 aromatic rings. The lowest BCUT2D eigenvalue weighted by Gasteiger charge is -2.09. The van der Waals surface area contributed by atoms with Gasteiger partial charge in [-0.25, -0.2) is 8.42 Å². The van der Waals surface area contributed by atoms with E-state index in [4.69, 9.17) is 5.73 Å². The van der Waals surface area contributed by atoms with E-state index >= 15 is 0 Å². The van der Waals surface area contributed by atoms with Crippen molar-refractivity contribution in [3.63, 3.8) is 0 Å². The zero-order chi connectivity index (χ0) is 16.3. The van der Waals surface area contributed by atoms with Gasteiger partial charge in [0.15, 0.2) is 9.84 Å². The van der Waals surface area contributed by atoms with Crippen LogP contribution in [0.4, 0.5) is 5.00 Å². The zero-order valence-electron chi connectivity index (χ0n) is 11.7. The molecule has 1 aromatic carbocycles. The van der Waals surface area contributed by atoms with Gasteiger partial charge >= 0.3 is 0 Å². The Balaban J connectivity index is 2.39. The number of benzene rings is 1. The summed E-state index contributed by atoms with van der Waals surface area (Å²) in [6.45, 7) is 1.51. The number of thiophene rings is 1. The van der Waals surface area contributed by atoms with Gasteiger partial charge in [-0.1, -0.05) is 19.1 Å². The summed E-state index contributed by atoms with van der Waals surface area (Å²) in [6.07, 6.45) is 0. The fourth-order valence-electron chi connectivity index (χ4n) is 1.85. The molecule has 3 N–H and O–H groups in total. The second-order valence-electron chi connectivity index (χ2n) is 4.38. The Morgan fingerprint density at radius 1 is 1.18 bits per heavy atom. The van der Waals surface area contributed by atoms with Gasteiger partial charge in [0, 0.05) is 0 Å². The molecule has 0 aliphatic carbocycles. The number of anilines is 1. The normalized spacial score (nSPS) is 11.1. The first-order chi connectivity index (χ1) is 10.4. The Labute approximate surface area is 131 Å². The Kier molecular flexibility index (Phi) is 4.62. The number of amides is 2. The first kappa shape index (κ1) is 16.2. The lowest BCUT2D eigenvalue weighted by molar-refractivity contribution is 0.100. The Bertz CT molecular complexity index is 825. The number of rotatable bonds is 5. The second kappa shape index (κ2) is 6.29. The smallest absolute Gasteiger partial charge is 0.257 e. The molecule has 6 nitrogen and oxygen atoms in total. The van der Waals surface area contributed by atoms with Crippen LogP contribution in [-0.2, 0) is 9.84 Å². The molecular weight excluding hydrogens is 324 g/mol. The molecule has 0 fully saturated rings. The van der Waals surface area contributed by atoms with Gasteiger partial charge in [-0.15, -0.1) is 11.3 Å². The number of hydrogen-bond acceptors (Lipinski definition) is 5. The molecule has 2 rings (SSSR count). The summed E-state index contributed by atoms with van der Waals surface area (Å²) < 4.78 is 24.1. The average Bonchev–Trinajstić information content (AvgIpc) is 2.95. The quantitative estimate of drug-likeness (QED) is 0.868. The monoisotopic (exact) mass is 338 g/mol. The maximum absolute atomic E-state index is 12.3. The number of carbonyl (C=O) groups is 2. The third kappa shape index (κ3) is 3.18. The Morgan fingerprint density at radius 3 is 2.50 bits per heavy atom. The van der Waals surface area contributed by atoms with E-state index in [1.54, 1.807) is 17.5 Å². The van der Waals surface area contributed by atoms with E-state index in [-0.39, 0.29) is 21.8 Å². The van der Waals surface area contributed by atoms with Crippen LogP contribution in [0.25, 0.3) is 0 Å². The van der Waals surface area contributed by atoms with Crippen molar-refractivity contribution >= 4 is 38.0 Å². The van der Waals surface area contributed by atoms with E-state index < -0.39 is 21.7 Å². The summed E-state index contributed by atoms with van der Waals surface area (Å²) in [7, 11) is -3.53. The molecule has 116 valence electrons. The van der Waals surface area contributed by atoms with Crippen LogP contribution in [0, 0.1) is 0 Å². The molecule has 0 saturated carbocycles. The molecule has 0 bridgehead atoms. The average molecular weight is 338 g/mol. The van der Waals surface area contributed by atoms with Gasteiger partial charge in [-0.2, -0.15) is 0 Å². The summed E-state index contributed by atoms with van der Waals surface area (Å²) >= 11 is 1.14. The number of nitrogens with two attached hydrogens (primary N) is 1. The highest BCUT2D eigenvalue weighted by molar-refractivity contribution is 7.91. The molecular formula is C14H14N2O4S2. The highest BCUT2D eigenvalue weighted by Gasteiger charge is 2.22. The summed E-state index contributed by atoms with van der Waals surface area (Å²) in [6, 6.07) is 7.44. The highest BCUT2D eigenvalue weighted by atomic mass is 32.2. The standard InChI is InChI=1S/C14H14N2O4S2/c1-2-22(19,20)11-6-4-3-5-9(11)13(18)16-14-10(12(15)17)7-8-21-14/h3-8H,2H2,1H3,(H2,15,17)(H,16,18).